The molecule has 5 nitrogen and oxygen atoms in total. The summed E-state index contributed by atoms with van der Waals surface area (Å²) in [6, 6.07) is 12.5. The van der Waals surface area contributed by atoms with Gasteiger partial charge in [0.25, 0.3) is 5.91 Å². The second-order valence-electron chi connectivity index (χ2n) is 6.32. The normalized spacial score (nSPS) is 19.2. The molecule has 5 heteroatoms. The molecule has 120 valence electrons. The molecule has 0 aliphatic carbocycles. The Bertz CT molecular complexity index is 826. The number of rotatable bonds is 1. The van der Waals surface area contributed by atoms with Crippen LogP contribution in [0.4, 0.5) is 5.69 Å². The maximum atomic E-state index is 12.9. The highest BCUT2D eigenvalue weighted by atomic mass is 16.2. The van der Waals surface area contributed by atoms with Gasteiger partial charge in [0.1, 0.15) is 6.07 Å². The highest BCUT2D eigenvalue weighted by molar-refractivity contribution is 5.96. The van der Waals surface area contributed by atoms with Crippen molar-refractivity contribution in [3.63, 3.8) is 0 Å². The zero-order valence-corrected chi connectivity index (χ0v) is 13.4. The first-order chi connectivity index (χ1) is 11.8. The van der Waals surface area contributed by atoms with Crippen LogP contribution in [0.2, 0.25) is 0 Å². The zero-order valence-electron chi connectivity index (χ0n) is 13.4. The third kappa shape index (κ3) is 2.41. The molecule has 1 unspecified atom stereocenters. The number of carbonyl (C=O) groups is 1. The van der Waals surface area contributed by atoms with E-state index in [1.165, 1.54) is 17.4 Å². The Balaban J connectivity index is 1.59. The Labute approximate surface area is 141 Å². The number of anilines is 1. The number of fused-ring (bicyclic) bond motifs is 3. The number of nitrogens with zero attached hydrogens (tertiary/aromatic N) is 4. The molecule has 1 amide bonds. The van der Waals surface area contributed by atoms with E-state index in [0.29, 0.717) is 30.3 Å². The molecule has 1 fully saturated rings. The fourth-order valence-corrected chi connectivity index (χ4v) is 3.79. The quantitative estimate of drug-likeness (QED) is 0.809. The van der Waals surface area contributed by atoms with Crippen LogP contribution < -0.4 is 4.90 Å². The van der Waals surface area contributed by atoms with Crippen LogP contribution in [0.5, 0.6) is 0 Å². The van der Waals surface area contributed by atoms with Crippen LogP contribution >= 0.6 is 0 Å². The molecule has 0 saturated carbocycles. The van der Waals surface area contributed by atoms with E-state index in [0.717, 1.165) is 19.4 Å². The van der Waals surface area contributed by atoms with Gasteiger partial charge in [0.15, 0.2) is 0 Å². The van der Waals surface area contributed by atoms with Gasteiger partial charge in [-0.25, -0.2) is 0 Å². The van der Waals surface area contributed by atoms with Gasteiger partial charge in [-0.2, -0.15) is 5.26 Å². The number of amides is 1. The van der Waals surface area contributed by atoms with Crippen molar-refractivity contribution in [1.29, 1.82) is 5.26 Å². The van der Waals surface area contributed by atoms with Gasteiger partial charge in [-0.05, 0) is 30.5 Å². The van der Waals surface area contributed by atoms with Gasteiger partial charge >= 0.3 is 0 Å². The lowest BCUT2D eigenvalue weighted by Crippen LogP contribution is -2.41. The summed E-state index contributed by atoms with van der Waals surface area (Å²) < 4.78 is 0. The molecule has 0 N–H and O–H groups in total. The number of hydrogen-bond donors (Lipinski definition) is 0. The van der Waals surface area contributed by atoms with Crippen molar-refractivity contribution in [2.75, 3.05) is 24.5 Å². The molecule has 1 atom stereocenters. The first-order valence-corrected chi connectivity index (χ1v) is 8.26. The van der Waals surface area contributed by atoms with E-state index in [1.54, 1.807) is 12.3 Å². The molecular formula is C19H18N4O. The minimum Gasteiger partial charge on any atom is -0.366 e. The molecule has 1 aromatic carbocycles. The van der Waals surface area contributed by atoms with E-state index in [9.17, 15) is 10.1 Å². The number of hydrogen-bond acceptors (Lipinski definition) is 4. The summed E-state index contributed by atoms with van der Waals surface area (Å²) in [6.07, 6.45) is 4.96. The Kier molecular flexibility index (Phi) is 3.66. The maximum absolute atomic E-state index is 12.9. The van der Waals surface area contributed by atoms with Crippen LogP contribution in [0.1, 0.15) is 27.9 Å². The number of para-hydroxylation sites is 1. The summed E-state index contributed by atoms with van der Waals surface area (Å²) in [5.41, 5.74) is 3.46. The number of nitriles is 1. The Morgan fingerprint density at radius 1 is 1.25 bits per heavy atom. The summed E-state index contributed by atoms with van der Waals surface area (Å²) in [7, 11) is 0. The predicted octanol–water partition coefficient (Wildman–Crippen LogP) is 2.23. The third-order valence-electron chi connectivity index (χ3n) is 4.91. The van der Waals surface area contributed by atoms with Crippen molar-refractivity contribution < 1.29 is 4.79 Å². The fraction of sp³-hybridized carbons (Fsp3) is 0.316. The minimum atomic E-state index is -0.0857. The van der Waals surface area contributed by atoms with Crippen LogP contribution in [0.25, 0.3) is 0 Å². The molecule has 1 aromatic heterocycles. The van der Waals surface area contributed by atoms with Crippen LogP contribution in [0.3, 0.4) is 0 Å². The zero-order chi connectivity index (χ0) is 16.5. The molecule has 2 aromatic rings. The average Bonchev–Trinajstić information content (AvgIpc) is 2.84. The highest BCUT2D eigenvalue weighted by Gasteiger charge is 2.34. The van der Waals surface area contributed by atoms with Gasteiger partial charge in [0.2, 0.25) is 0 Å². The van der Waals surface area contributed by atoms with Gasteiger partial charge in [-0.3, -0.25) is 9.78 Å². The number of pyridine rings is 1. The van der Waals surface area contributed by atoms with E-state index >= 15 is 0 Å². The molecule has 2 aliphatic heterocycles. The molecule has 2 aliphatic rings. The van der Waals surface area contributed by atoms with Gasteiger partial charge < -0.3 is 9.80 Å². The standard InChI is InChI=1S/C19H18N4O/c20-11-15-6-7-21-12-17(15)19(24)22-8-3-9-23-16(13-22)10-14-4-1-2-5-18(14)23/h1-2,4-7,12,16H,3,8-10,13H2. The van der Waals surface area contributed by atoms with Crippen molar-refractivity contribution in [3.05, 3.63) is 59.4 Å². The highest BCUT2D eigenvalue weighted by Crippen LogP contribution is 2.33. The summed E-state index contributed by atoms with van der Waals surface area (Å²) in [6.45, 7) is 2.37. The molecule has 0 radical (unpaired) electrons. The SMILES string of the molecule is N#Cc1ccncc1C(=O)N1CCCN2c3ccccc3CC2C1. The van der Waals surface area contributed by atoms with Gasteiger partial charge in [-0.1, -0.05) is 18.2 Å². The van der Waals surface area contributed by atoms with Crippen molar-refractivity contribution in [2.24, 2.45) is 0 Å². The number of aromatic nitrogens is 1. The van der Waals surface area contributed by atoms with E-state index in [1.807, 2.05) is 4.90 Å². The number of benzene rings is 1. The molecule has 0 spiro atoms. The molecule has 0 bridgehead atoms. The van der Waals surface area contributed by atoms with Crippen LogP contribution in [-0.2, 0) is 6.42 Å². The van der Waals surface area contributed by atoms with Gasteiger partial charge in [0.05, 0.1) is 17.2 Å². The molecular weight excluding hydrogens is 300 g/mol. The third-order valence-corrected chi connectivity index (χ3v) is 4.91. The Morgan fingerprint density at radius 2 is 2.12 bits per heavy atom. The van der Waals surface area contributed by atoms with E-state index in [4.69, 9.17) is 0 Å². The van der Waals surface area contributed by atoms with E-state index in [2.05, 4.69) is 40.2 Å². The summed E-state index contributed by atoms with van der Waals surface area (Å²) in [4.78, 5) is 21.2. The van der Waals surface area contributed by atoms with Crippen molar-refractivity contribution in [3.8, 4) is 6.07 Å². The second-order valence-corrected chi connectivity index (χ2v) is 6.32. The van der Waals surface area contributed by atoms with E-state index in [-0.39, 0.29) is 5.91 Å². The lowest BCUT2D eigenvalue weighted by molar-refractivity contribution is 0.0755. The summed E-state index contributed by atoms with van der Waals surface area (Å²) in [5, 5.41) is 9.23. The predicted molar refractivity (Wildman–Crippen MR) is 90.8 cm³/mol. The molecule has 1 saturated heterocycles. The summed E-state index contributed by atoms with van der Waals surface area (Å²) >= 11 is 0. The molecule has 4 rings (SSSR count). The minimum absolute atomic E-state index is 0.0857. The van der Waals surface area contributed by atoms with E-state index < -0.39 is 0 Å². The largest absolute Gasteiger partial charge is 0.366 e. The van der Waals surface area contributed by atoms with Crippen LogP contribution in [0, 0.1) is 11.3 Å². The first-order valence-electron chi connectivity index (χ1n) is 8.26. The van der Waals surface area contributed by atoms with Gasteiger partial charge in [-0.15, -0.1) is 0 Å². The fourth-order valence-electron chi connectivity index (χ4n) is 3.79. The summed E-state index contributed by atoms with van der Waals surface area (Å²) in [5.74, 6) is -0.0857. The number of carbonyl (C=O) groups excluding carboxylic acids is 1. The van der Waals surface area contributed by atoms with Crippen LogP contribution in [-0.4, -0.2) is 41.5 Å². The van der Waals surface area contributed by atoms with Gasteiger partial charge in [0, 0.05) is 37.7 Å². The Hall–Kier alpha value is -2.87. The topological polar surface area (TPSA) is 60.2 Å². The smallest absolute Gasteiger partial charge is 0.256 e. The second kappa shape index (κ2) is 5.97. The monoisotopic (exact) mass is 318 g/mol. The van der Waals surface area contributed by atoms with Crippen molar-refractivity contribution in [1.82, 2.24) is 9.88 Å². The first kappa shape index (κ1) is 14.7. The lowest BCUT2D eigenvalue weighted by Gasteiger charge is -2.27. The van der Waals surface area contributed by atoms with Crippen molar-refractivity contribution in [2.45, 2.75) is 18.9 Å². The van der Waals surface area contributed by atoms with Crippen molar-refractivity contribution >= 4 is 11.6 Å². The van der Waals surface area contributed by atoms with Crippen LogP contribution in [0.15, 0.2) is 42.7 Å². The molecule has 24 heavy (non-hydrogen) atoms. The lowest BCUT2D eigenvalue weighted by atomic mass is 10.1. The maximum Gasteiger partial charge on any atom is 0.256 e. The average molecular weight is 318 g/mol. The Morgan fingerprint density at radius 3 is 3.00 bits per heavy atom. The molecule has 3 heterocycles.